The van der Waals surface area contributed by atoms with Crippen molar-refractivity contribution in [1.82, 2.24) is 14.8 Å². The molecule has 0 N–H and O–H groups in total. The van der Waals surface area contributed by atoms with Gasteiger partial charge in [-0.1, -0.05) is 0 Å². The average molecular weight is 216 g/mol. The van der Waals surface area contributed by atoms with Gasteiger partial charge in [0.15, 0.2) is 5.82 Å². The molecule has 1 fully saturated rings. The number of hydrogen-bond acceptors (Lipinski definition) is 3. The van der Waals surface area contributed by atoms with E-state index in [4.69, 9.17) is 16.3 Å². The van der Waals surface area contributed by atoms with Crippen LogP contribution in [0.3, 0.4) is 0 Å². The van der Waals surface area contributed by atoms with E-state index in [2.05, 4.69) is 17.1 Å². The van der Waals surface area contributed by atoms with Crippen LogP contribution in [0, 0.1) is 0 Å². The predicted octanol–water partition coefficient (Wildman–Crippen LogP) is 1.58. The van der Waals surface area contributed by atoms with Gasteiger partial charge in [-0.15, -0.1) is 21.8 Å². The van der Waals surface area contributed by atoms with Crippen molar-refractivity contribution in [2.75, 3.05) is 6.61 Å². The van der Waals surface area contributed by atoms with Gasteiger partial charge >= 0.3 is 0 Å². The number of alkyl halides is 1. The van der Waals surface area contributed by atoms with Crippen LogP contribution in [-0.2, 0) is 23.3 Å². The van der Waals surface area contributed by atoms with E-state index in [9.17, 15) is 0 Å². The number of nitrogens with zero attached hydrogens (tertiary/aromatic N) is 3. The summed E-state index contributed by atoms with van der Waals surface area (Å²) in [5, 5.41) is 8.17. The normalized spacial score (nSPS) is 27.1. The smallest absolute Gasteiger partial charge is 0.164 e. The molecule has 1 aromatic heterocycles. The Kier molecular flexibility index (Phi) is 2.49. The van der Waals surface area contributed by atoms with Gasteiger partial charge < -0.3 is 9.30 Å². The molecule has 14 heavy (non-hydrogen) atoms. The molecule has 0 spiro atoms. The van der Waals surface area contributed by atoms with Crippen LogP contribution < -0.4 is 0 Å². The van der Waals surface area contributed by atoms with E-state index < -0.39 is 0 Å². The van der Waals surface area contributed by atoms with E-state index in [1.807, 2.05) is 11.6 Å². The third-order valence-electron chi connectivity index (χ3n) is 2.78. The van der Waals surface area contributed by atoms with Crippen molar-refractivity contribution >= 4 is 11.6 Å². The number of ether oxygens (including phenoxy) is 1. The van der Waals surface area contributed by atoms with Gasteiger partial charge in [0.05, 0.1) is 5.88 Å². The molecule has 1 aliphatic heterocycles. The van der Waals surface area contributed by atoms with Gasteiger partial charge in [0.25, 0.3) is 0 Å². The monoisotopic (exact) mass is 215 g/mol. The standard InChI is InChI=1S/C9H14ClN3O/c1-9(4-3-5-14-9)8-12-11-7(6-10)13(8)2/h3-6H2,1-2H3. The molecule has 0 amide bonds. The lowest BCUT2D eigenvalue weighted by Gasteiger charge is -2.21. The summed E-state index contributed by atoms with van der Waals surface area (Å²) < 4.78 is 7.63. The number of rotatable bonds is 2. The van der Waals surface area contributed by atoms with E-state index in [-0.39, 0.29) is 5.60 Å². The summed E-state index contributed by atoms with van der Waals surface area (Å²) in [4.78, 5) is 0. The molecular formula is C9H14ClN3O. The maximum atomic E-state index is 5.73. The van der Waals surface area contributed by atoms with Gasteiger partial charge in [0.1, 0.15) is 11.4 Å². The summed E-state index contributed by atoms with van der Waals surface area (Å²) in [5.74, 6) is 2.06. The van der Waals surface area contributed by atoms with Crippen LogP contribution in [-0.4, -0.2) is 21.4 Å². The molecule has 5 heteroatoms. The molecule has 0 radical (unpaired) electrons. The highest BCUT2D eigenvalue weighted by atomic mass is 35.5. The van der Waals surface area contributed by atoms with Crippen molar-refractivity contribution < 1.29 is 4.74 Å². The van der Waals surface area contributed by atoms with Crippen molar-refractivity contribution in [2.24, 2.45) is 7.05 Å². The Morgan fingerprint density at radius 1 is 1.57 bits per heavy atom. The van der Waals surface area contributed by atoms with Crippen LogP contribution in [0.1, 0.15) is 31.4 Å². The second-order valence-electron chi connectivity index (χ2n) is 3.82. The van der Waals surface area contributed by atoms with Crippen LogP contribution in [0.4, 0.5) is 0 Å². The Hall–Kier alpha value is -0.610. The maximum absolute atomic E-state index is 5.73. The molecule has 1 aliphatic rings. The predicted molar refractivity (Wildman–Crippen MR) is 53.1 cm³/mol. The summed E-state index contributed by atoms with van der Waals surface area (Å²) in [6.45, 7) is 2.86. The molecular weight excluding hydrogens is 202 g/mol. The lowest BCUT2D eigenvalue weighted by molar-refractivity contribution is 0.00683. The topological polar surface area (TPSA) is 39.9 Å². The zero-order valence-electron chi connectivity index (χ0n) is 8.46. The van der Waals surface area contributed by atoms with Crippen molar-refractivity contribution in [2.45, 2.75) is 31.2 Å². The molecule has 2 heterocycles. The summed E-state index contributed by atoms with van der Waals surface area (Å²) in [7, 11) is 1.93. The minimum atomic E-state index is -0.272. The van der Waals surface area contributed by atoms with Gasteiger partial charge in [0, 0.05) is 13.7 Å². The molecule has 2 rings (SSSR count). The summed E-state index contributed by atoms with van der Waals surface area (Å²) in [5.41, 5.74) is -0.272. The Labute approximate surface area is 88.2 Å². The molecule has 1 unspecified atom stereocenters. The second kappa shape index (κ2) is 3.51. The largest absolute Gasteiger partial charge is 0.367 e. The third kappa shape index (κ3) is 1.42. The minimum Gasteiger partial charge on any atom is -0.367 e. The number of hydrogen-bond donors (Lipinski definition) is 0. The quantitative estimate of drug-likeness (QED) is 0.704. The summed E-state index contributed by atoms with van der Waals surface area (Å²) in [6, 6.07) is 0. The molecule has 78 valence electrons. The highest BCUT2D eigenvalue weighted by molar-refractivity contribution is 6.16. The Morgan fingerprint density at radius 3 is 2.86 bits per heavy atom. The average Bonchev–Trinajstić information content (AvgIpc) is 2.73. The SMILES string of the molecule is Cn1c(CCl)nnc1C1(C)CCCO1. The van der Waals surface area contributed by atoms with Gasteiger partial charge in [0.2, 0.25) is 0 Å². The molecule has 1 atom stereocenters. The second-order valence-corrected chi connectivity index (χ2v) is 4.08. The van der Waals surface area contributed by atoms with Crippen LogP contribution in [0.5, 0.6) is 0 Å². The van der Waals surface area contributed by atoms with Crippen molar-refractivity contribution in [3.63, 3.8) is 0 Å². The van der Waals surface area contributed by atoms with Crippen LogP contribution in [0.25, 0.3) is 0 Å². The van der Waals surface area contributed by atoms with Crippen LogP contribution in [0.15, 0.2) is 0 Å². The molecule has 0 aliphatic carbocycles. The van der Waals surface area contributed by atoms with Crippen molar-refractivity contribution in [1.29, 1.82) is 0 Å². The molecule has 1 aromatic rings. The fraction of sp³-hybridized carbons (Fsp3) is 0.778. The Bertz CT molecular complexity index is 331. The zero-order chi connectivity index (χ0) is 10.2. The first-order valence-corrected chi connectivity index (χ1v) is 5.29. The molecule has 0 saturated carbocycles. The zero-order valence-corrected chi connectivity index (χ0v) is 9.21. The summed E-state index contributed by atoms with van der Waals surface area (Å²) >= 11 is 5.73. The van der Waals surface area contributed by atoms with E-state index in [0.717, 1.165) is 31.1 Å². The van der Waals surface area contributed by atoms with Crippen molar-refractivity contribution in [3.05, 3.63) is 11.6 Å². The van der Waals surface area contributed by atoms with Gasteiger partial charge in [-0.3, -0.25) is 0 Å². The molecule has 4 nitrogen and oxygen atoms in total. The van der Waals surface area contributed by atoms with E-state index in [1.165, 1.54) is 0 Å². The lowest BCUT2D eigenvalue weighted by atomic mass is 10.0. The molecule has 0 bridgehead atoms. The van der Waals surface area contributed by atoms with E-state index >= 15 is 0 Å². The first kappa shape index (κ1) is 9.93. The molecule has 1 saturated heterocycles. The number of aromatic nitrogens is 3. The Balaban J connectivity index is 2.35. The third-order valence-corrected chi connectivity index (χ3v) is 3.02. The first-order valence-electron chi connectivity index (χ1n) is 4.76. The highest BCUT2D eigenvalue weighted by Crippen LogP contribution is 2.34. The van der Waals surface area contributed by atoms with Gasteiger partial charge in [-0.2, -0.15) is 0 Å². The maximum Gasteiger partial charge on any atom is 0.164 e. The summed E-state index contributed by atoms with van der Waals surface area (Å²) in [6.07, 6.45) is 2.08. The minimum absolute atomic E-state index is 0.272. The van der Waals surface area contributed by atoms with Crippen molar-refractivity contribution in [3.8, 4) is 0 Å². The van der Waals surface area contributed by atoms with Crippen LogP contribution >= 0.6 is 11.6 Å². The van der Waals surface area contributed by atoms with Gasteiger partial charge in [-0.25, -0.2) is 0 Å². The molecule has 0 aromatic carbocycles. The van der Waals surface area contributed by atoms with Crippen LogP contribution in [0.2, 0.25) is 0 Å². The lowest BCUT2D eigenvalue weighted by Crippen LogP contribution is -2.24. The Morgan fingerprint density at radius 2 is 2.36 bits per heavy atom. The van der Waals surface area contributed by atoms with E-state index in [1.54, 1.807) is 0 Å². The fourth-order valence-corrected chi connectivity index (χ4v) is 2.13. The highest BCUT2D eigenvalue weighted by Gasteiger charge is 2.36. The van der Waals surface area contributed by atoms with Gasteiger partial charge in [-0.05, 0) is 19.8 Å². The van der Waals surface area contributed by atoms with E-state index in [0.29, 0.717) is 5.88 Å². The fourth-order valence-electron chi connectivity index (χ4n) is 1.89. The first-order chi connectivity index (χ1) is 6.67. The number of halogens is 1.